The SMILES string of the molecule is CB(C)[C@H](C)CCC=C(C)C. The summed E-state index contributed by atoms with van der Waals surface area (Å²) in [4.78, 5) is 0. The van der Waals surface area contributed by atoms with Gasteiger partial charge in [0.25, 0.3) is 0 Å². The summed E-state index contributed by atoms with van der Waals surface area (Å²) in [5.74, 6) is 0.866. The average Bonchev–Trinajstić information content (AvgIpc) is 1.86. The van der Waals surface area contributed by atoms with Gasteiger partial charge in [-0.3, -0.25) is 0 Å². The molecule has 1 heteroatoms. The summed E-state index contributed by atoms with van der Waals surface area (Å²) in [7, 11) is 0. The van der Waals surface area contributed by atoms with Crippen molar-refractivity contribution in [1.29, 1.82) is 0 Å². The van der Waals surface area contributed by atoms with Crippen LogP contribution in [-0.2, 0) is 0 Å². The highest BCUT2D eigenvalue weighted by Gasteiger charge is 2.08. The van der Waals surface area contributed by atoms with Crippen molar-refractivity contribution in [2.45, 2.75) is 53.1 Å². The summed E-state index contributed by atoms with van der Waals surface area (Å²) in [6, 6.07) is 0. The van der Waals surface area contributed by atoms with Crippen molar-refractivity contribution in [3.8, 4) is 0 Å². The summed E-state index contributed by atoms with van der Waals surface area (Å²) in [5, 5.41) is 0. The Morgan fingerprint density at radius 3 is 2.27 bits per heavy atom. The number of allylic oxidation sites excluding steroid dienone is 2. The minimum atomic E-state index is 0.834. The first kappa shape index (κ1) is 10.8. The van der Waals surface area contributed by atoms with Crippen LogP contribution < -0.4 is 0 Å². The second-order valence-electron chi connectivity index (χ2n) is 4.08. The van der Waals surface area contributed by atoms with E-state index >= 15 is 0 Å². The van der Waals surface area contributed by atoms with Crippen LogP contribution in [0.2, 0.25) is 19.5 Å². The second-order valence-corrected chi connectivity index (χ2v) is 4.08. The summed E-state index contributed by atoms with van der Waals surface area (Å²) < 4.78 is 0. The molecule has 0 aromatic carbocycles. The van der Waals surface area contributed by atoms with Crippen molar-refractivity contribution in [2.75, 3.05) is 0 Å². The van der Waals surface area contributed by atoms with E-state index in [1.807, 2.05) is 0 Å². The van der Waals surface area contributed by atoms with Crippen LogP contribution in [-0.4, -0.2) is 6.71 Å². The van der Waals surface area contributed by atoms with Crippen LogP contribution in [0.5, 0.6) is 0 Å². The fourth-order valence-electron chi connectivity index (χ4n) is 0.968. The molecule has 0 aromatic rings. The van der Waals surface area contributed by atoms with Gasteiger partial charge in [-0.15, -0.1) is 0 Å². The molecule has 0 amide bonds. The van der Waals surface area contributed by atoms with Gasteiger partial charge in [0, 0.05) is 0 Å². The Morgan fingerprint density at radius 2 is 1.91 bits per heavy atom. The first-order valence-corrected chi connectivity index (χ1v) is 4.67. The maximum Gasteiger partial charge on any atom is 0.136 e. The van der Waals surface area contributed by atoms with E-state index in [4.69, 9.17) is 0 Å². The Balaban J connectivity index is 3.47. The molecule has 0 radical (unpaired) electrons. The molecule has 0 saturated heterocycles. The standard InChI is InChI=1S/C10H21B/c1-9(2)7-6-8-10(3)11(4)5/h7,10H,6,8H2,1-5H3/t10-/m1/s1. The van der Waals surface area contributed by atoms with Gasteiger partial charge >= 0.3 is 0 Å². The van der Waals surface area contributed by atoms with Gasteiger partial charge in [-0.1, -0.05) is 44.5 Å². The van der Waals surface area contributed by atoms with Crippen LogP contribution in [0, 0.1) is 0 Å². The summed E-state index contributed by atoms with van der Waals surface area (Å²) in [6.45, 7) is 12.1. The molecule has 64 valence electrons. The lowest BCUT2D eigenvalue weighted by Gasteiger charge is -2.10. The van der Waals surface area contributed by atoms with Crippen molar-refractivity contribution in [2.24, 2.45) is 0 Å². The van der Waals surface area contributed by atoms with Crippen LogP contribution in [0.3, 0.4) is 0 Å². The molecule has 0 unspecified atom stereocenters. The number of rotatable bonds is 4. The molecule has 0 bridgehead atoms. The first-order chi connectivity index (χ1) is 5.04. The van der Waals surface area contributed by atoms with E-state index in [9.17, 15) is 0 Å². The maximum absolute atomic E-state index is 2.34. The average molecular weight is 152 g/mol. The molecule has 0 aliphatic heterocycles. The van der Waals surface area contributed by atoms with Crippen LogP contribution in [0.15, 0.2) is 11.6 Å². The minimum Gasteiger partial charge on any atom is -0.0861 e. The van der Waals surface area contributed by atoms with Crippen molar-refractivity contribution < 1.29 is 0 Å². The molecule has 0 aromatic heterocycles. The third-order valence-corrected chi connectivity index (χ3v) is 2.31. The first-order valence-electron chi connectivity index (χ1n) is 4.67. The summed E-state index contributed by atoms with van der Waals surface area (Å²) in [5.41, 5.74) is 1.45. The predicted molar refractivity (Wildman–Crippen MR) is 55.6 cm³/mol. The van der Waals surface area contributed by atoms with E-state index in [-0.39, 0.29) is 0 Å². The lowest BCUT2D eigenvalue weighted by molar-refractivity contribution is 0.791. The van der Waals surface area contributed by atoms with Gasteiger partial charge in [0.05, 0.1) is 0 Å². The third-order valence-electron chi connectivity index (χ3n) is 2.31. The molecule has 0 N–H and O–H groups in total. The van der Waals surface area contributed by atoms with Crippen LogP contribution in [0.4, 0.5) is 0 Å². The van der Waals surface area contributed by atoms with Gasteiger partial charge in [-0.25, -0.2) is 0 Å². The van der Waals surface area contributed by atoms with E-state index in [1.54, 1.807) is 0 Å². The highest BCUT2D eigenvalue weighted by molar-refractivity contribution is 6.57. The molecular weight excluding hydrogens is 131 g/mol. The lowest BCUT2D eigenvalue weighted by atomic mass is 9.45. The largest absolute Gasteiger partial charge is 0.136 e. The van der Waals surface area contributed by atoms with E-state index < -0.39 is 0 Å². The quantitative estimate of drug-likeness (QED) is 0.423. The Labute approximate surface area is 72.2 Å². The van der Waals surface area contributed by atoms with Crippen LogP contribution in [0.1, 0.15) is 33.6 Å². The summed E-state index contributed by atoms with van der Waals surface area (Å²) >= 11 is 0. The molecule has 0 heterocycles. The van der Waals surface area contributed by atoms with E-state index in [0.717, 1.165) is 12.5 Å². The number of hydrogen-bond acceptors (Lipinski definition) is 0. The Hall–Kier alpha value is -0.195. The zero-order chi connectivity index (χ0) is 8.85. The van der Waals surface area contributed by atoms with E-state index in [0.29, 0.717) is 0 Å². The van der Waals surface area contributed by atoms with Gasteiger partial charge in [0.1, 0.15) is 6.71 Å². The van der Waals surface area contributed by atoms with E-state index in [2.05, 4.69) is 40.5 Å². The van der Waals surface area contributed by atoms with Crippen LogP contribution >= 0.6 is 0 Å². The second kappa shape index (κ2) is 5.45. The fourth-order valence-corrected chi connectivity index (χ4v) is 0.968. The topological polar surface area (TPSA) is 0 Å². The molecule has 0 aliphatic carbocycles. The fraction of sp³-hybridized carbons (Fsp3) is 0.800. The Bertz CT molecular complexity index is 121. The van der Waals surface area contributed by atoms with Gasteiger partial charge < -0.3 is 0 Å². The predicted octanol–water partition coefficient (Wildman–Crippen LogP) is 3.88. The van der Waals surface area contributed by atoms with E-state index in [1.165, 1.54) is 18.4 Å². The zero-order valence-corrected chi connectivity index (χ0v) is 8.65. The molecule has 0 nitrogen and oxygen atoms in total. The zero-order valence-electron chi connectivity index (χ0n) is 8.65. The molecule has 0 fully saturated rings. The third kappa shape index (κ3) is 6.21. The van der Waals surface area contributed by atoms with Gasteiger partial charge in [-0.05, 0) is 20.3 Å². The van der Waals surface area contributed by atoms with Gasteiger partial charge in [-0.2, -0.15) is 0 Å². The molecule has 11 heavy (non-hydrogen) atoms. The van der Waals surface area contributed by atoms with Gasteiger partial charge in [0.2, 0.25) is 0 Å². The van der Waals surface area contributed by atoms with Crippen LogP contribution in [0.25, 0.3) is 0 Å². The van der Waals surface area contributed by atoms with Crippen molar-refractivity contribution in [3.05, 3.63) is 11.6 Å². The molecule has 0 rings (SSSR count). The molecule has 0 aliphatic rings. The van der Waals surface area contributed by atoms with Gasteiger partial charge in [0.15, 0.2) is 0 Å². The van der Waals surface area contributed by atoms with Crippen molar-refractivity contribution >= 4 is 6.71 Å². The number of hydrogen-bond donors (Lipinski definition) is 0. The molecular formula is C10H21B. The maximum atomic E-state index is 2.34. The monoisotopic (exact) mass is 152 g/mol. The molecule has 0 saturated carbocycles. The highest BCUT2D eigenvalue weighted by atomic mass is 13.9. The molecule has 1 atom stereocenters. The molecule has 0 spiro atoms. The summed E-state index contributed by atoms with van der Waals surface area (Å²) in [6.07, 6.45) is 4.92. The minimum absolute atomic E-state index is 0.834. The van der Waals surface area contributed by atoms with Crippen molar-refractivity contribution in [1.82, 2.24) is 0 Å². The van der Waals surface area contributed by atoms with Crippen molar-refractivity contribution in [3.63, 3.8) is 0 Å². The Morgan fingerprint density at radius 1 is 1.36 bits per heavy atom. The smallest absolute Gasteiger partial charge is 0.0861 e. The highest BCUT2D eigenvalue weighted by Crippen LogP contribution is 2.16. The Kier molecular flexibility index (Phi) is 5.36. The normalized spacial score (nSPS) is 12.5. The lowest BCUT2D eigenvalue weighted by Crippen LogP contribution is -2.07.